The van der Waals surface area contributed by atoms with Crippen molar-refractivity contribution in [3.8, 4) is 0 Å². The topological polar surface area (TPSA) is 67.9 Å². The summed E-state index contributed by atoms with van der Waals surface area (Å²) in [5.74, 6) is -0.771. The zero-order valence-electron chi connectivity index (χ0n) is 15.0. The lowest BCUT2D eigenvalue weighted by atomic mass is 10.1. The summed E-state index contributed by atoms with van der Waals surface area (Å²) in [4.78, 5) is 26.8. The minimum atomic E-state index is -0.453. The molecule has 1 aliphatic heterocycles. The van der Waals surface area contributed by atoms with E-state index in [0.29, 0.717) is 45.1 Å². The molecule has 28 heavy (non-hydrogen) atoms. The fraction of sp³-hybridized carbons (Fsp3) is 0.200. The number of ether oxygens (including phenoxy) is 2. The zero-order chi connectivity index (χ0) is 19.7. The maximum Gasteiger partial charge on any atom is 0.414 e. The molecule has 0 saturated carbocycles. The lowest BCUT2D eigenvalue weighted by molar-refractivity contribution is 0.102. The molecule has 0 atom stereocenters. The van der Waals surface area contributed by atoms with E-state index in [0.717, 1.165) is 0 Å². The minimum absolute atomic E-state index is 0.115. The van der Waals surface area contributed by atoms with E-state index in [1.807, 2.05) is 0 Å². The van der Waals surface area contributed by atoms with E-state index in [4.69, 9.17) is 9.47 Å². The molecule has 0 radical (unpaired) electrons. The molecule has 144 valence electrons. The van der Waals surface area contributed by atoms with Crippen molar-refractivity contribution in [2.75, 3.05) is 30.5 Å². The van der Waals surface area contributed by atoms with Crippen LogP contribution in [0.25, 0.3) is 10.1 Å². The summed E-state index contributed by atoms with van der Waals surface area (Å²) in [6.45, 7) is 0.827. The van der Waals surface area contributed by atoms with Gasteiger partial charge in [-0.1, -0.05) is 18.2 Å². The standard InChI is InChI=1S/C20H17FN2O4S/c1-26-11-12-17-13(21)5-4-8-16(17)28-18(12)19(24)22-14-6-2-3-7-15(14)23-9-10-27-20(23)25/h2-8H,9-11H2,1H3,(H,22,24). The lowest BCUT2D eigenvalue weighted by Gasteiger charge is -2.17. The predicted octanol–water partition coefficient (Wildman–Crippen LogP) is 4.40. The van der Waals surface area contributed by atoms with Gasteiger partial charge in [0.2, 0.25) is 0 Å². The fourth-order valence-electron chi connectivity index (χ4n) is 3.24. The van der Waals surface area contributed by atoms with Crippen LogP contribution in [0.3, 0.4) is 0 Å². The highest BCUT2D eigenvalue weighted by Crippen LogP contribution is 2.35. The number of fused-ring (bicyclic) bond motifs is 1. The molecule has 2 aromatic carbocycles. The Kier molecular flexibility index (Phi) is 4.97. The number of benzene rings is 2. The minimum Gasteiger partial charge on any atom is -0.447 e. The van der Waals surface area contributed by atoms with E-state index in [1.165, 1.54) is 29.4 Å². The highest BCUT2D eigenvalue weighted by atomic mass is 32.1. The number of anilines is 2. The third-order valence-electron chi connectivity index (χ3n) is 4.46. The number of halogens is 1. The van der Waals surface area contributed by atoms with Gasteiger partial charge in [-0.05, 0) is 24.3 Å². The van der Waals surface area contributed by atoms with Gasteiger partial charge in [0, 0.05) is 22.8 Å². The molecule has 8 heteroatoms. The van der Waals surface area contributed by atoms with Crippen molar-refractivity contribution < 1.29 is 23.5 Å². The van der Waals surface area contributed by atoms with Crippen LogP contribution >= 0.6 is 11.3 Å². The largest absolute Gasteiger partial charge is 0.447 e. The van der Waals surface area contributed by atoms with E-state index in [2.05, 4.69) is 5.32 Å². The molecule has 2 amide bonds. The van der Waals surface area contributed by atoms with Crippen molar-refractivity contribution in [3.63, 3.8) is 0 Å². The summed E-state index contributed by atoms with van der Waals surface area (Å²) in [7, 11) is 1.50. The molecule has 0 spiro atoms. The van der Waals surface area contributed by atoms with Crippen molar-refractivity contribution in [2.45, 2.75) is 6.61 Å². The molecule has 0 bridgehead atoms. The van der Waals surface area contributed by atoms with Crippen molar-refractivity contribution in [2.24, 2.45) is 0 Å². The van der Waals surface area contributed by atoms with E-state index >= 15 is 0 Å². The zero-order valence-corrected chi connectivity index (χ0v) is 15.8. The van der Waals surface area contributed by atoms with Crippen LogP contribution in [0.4, 0.5) is 20.6 Å². The first-order valence-corrected chi connectivity index (χ1v) is 9.45. The number of nitrogens with zero attached hydrogens (tertiary/aromatic N) is 1. The summed E-state index contributed by atoms with van der Waals surface area (Å²) in [6.07, 6.45) is -0.453. The Bertz CT molecular complexity index is 1070. The predicted molar refractivity (Wildman–Crippen MR) is 106 cm³/mol. The Labute approximate surface area is 164 Å². The van der Waals surface area contributed by atoms with E-state index in [-0.39, 0.29) is 18.3 Å². The van der Waals surface area contributed by atoms with Crippen molar-refractivity contribution >= 4 is 44.8 Å². The van der Waals surface area contributed by atoms with E-state index in [9.17, 15) is 14.0 Å². The first kappa shape index (κ1) is 18.4. The number of rotatable bonds is 5. The third kappa shape index (κ3) is 3.21. The summed E-state index contributed by atoms with van der Waals surface area (Å²) in [5, 5.41) is 3.25. The van der Waals surface area contributed by atoms with Gasteiger partial charge in [-0.25, -0.2) is 9.18 Å². The quantitative estimate of drug-likeness (QED) is 0.690. The second kappa shape index (κ2) is 7.57. The first-order valence-electron chi connectivity index (χ1n) is 8.63. The number of amides is 2. The Morgan fingerprint density at radius 3 is 2.86 bits per heavy atom. The van der Waals surface area contributed by atoms with Gasteiger partial charge in [0.05, 0.1) is 29.4 Å². The second-order valence-electron chi connectivity index (χ2n) is 6.19. The molecular weight excluding hydrogens is 383 g/mol. The van der Waals surface area contributed by atoms with Gasteiger partial charge in [-0.15, -0.1) is 11.3 Å². The number of thiophene rings is 1. The van der Waals surface area contributed by atoms with Crippen LogP contribution in [0.5, 0.6) is 0 Å². The van der Waals surface area contributed by atoms with Crippen LogP contribution in [-0.4, -0.2) is 32.3 Å². The molecule has 1 aromatic heterocycles. The maximum absolute atomic E-state index is 14.3. The molecule has 0 aliphatic carbocycles. The van der Waals surface area contributed by atoms with Gasteiger partial charge >= 0.3 is 6.09 Å². The molecule has 0 unspecified atom stereocenters. The number of carbonyl (C=O) groups is 2. The van der Waals surface area contributed by atoms with Gasteiger partial charge in [-0.3, -0.25) is 9.69 Å². The molecule has 6 nitrogen and oxygen atoms in total. The van der Waals surface area contributed by atoms with Gasteiger partial charge in [0.1, 0.15) is 12.4 Å². The summed E-state index contributed by atoms with van der Waals surface area (Å²) in [6, 6.07) is 11.7. The average molecular weight is 400 g/mol. The van der Waals surface area contributed by atoms with Crippen LogP contribution in [0.1, 0.15) is 15.2 Å². The number of hydrogen-bond donors (Lipinski definition) is 1. The summed E-state index contributed by atoms with van der Waals surface area (Å²) >= 11 is 1.21. The van der Waals surface area contributed by atoms with Crippen molar-refractivity contribution in [3.05, 3.63) is 58.7 Å². The Hall–Kier alpha value is -2.97. The van der Waals surface area contributed by atoms with E-state index in [1.54, 1.807) is 36.4 Å². The van der Waals surface area contributed by atoms with E-state index < -0.39 is 6.09 Å². The maximum atomic E-state index is 14.3. The Morgan fingerprint density at radius 1 is 1.29 bits per heavy atom. The number of cyclic esters (lactones) is 1. The van der Waals surface area contributed by atoms with Gasteiger partial charge in [0.25, 0.3) is 5.91 Å². The smallest absolute Gasteiger partial charge is 0.414 e. The molecule has 1 N–H and O–H groups in total. The molecule has 1 aliphatic rings. The van der Waals surface area contributed by atoms with Crippen LogP contribution < -0.4 is 10.2 Å². The summed E-state index contributed by atoms with van der Waals surface area (Å²) in [5.41, 5.74) is 1.54. The summed E-state index contributed by atoms with van der Waals surface area (Å²) < 4.78 is 25.2. The van der Waals surface area contributed by atoms with Crippen molar-refractivity contribution in [1.82, 2.24) is 0 Å². The monoisotopic (exact) mass is 400 g/mol. The number of nitrogens with one attached hydrogen (secondary N) is 1. The Morgan fingerprint density at radius 2 is 2.11 bits per heavy atom. The SMILES string of the molecule is COCc1c(C(=O)Nc2ccccc2N2CCOC2=O)sc2cccc(F)c12. The molecule has 3 aromatic rings. The lowest BCUT2D eigenvalue weighted by Crippen LogP contribution is -2.25. The number of methoxy groups -OCH3 is 1. The van der Waals surface area contributed by atoms with Crippen LogP contribution in [0, 0.1) is 5.82 Å². The number of carbonyl (C=O) groups excluding carboxylic acids is 2. The van der Waals surface area contributed by atoms with Gasteiger partial charge in [0.15, 0.2) is 0 Å². The van der Waals surface area contributed by atoms with Gasteiger partial charge < -0.3 is 14.8 Å². The molecule has 2 heterocycles. The third-order valence-corrected chi connectivity index (χ3v) is 5.66. The normalized spacial score (nSPS) is 13.8. The van der Waals surface area contributed by atoms with Crippen LogP contribution in [-0.2, 0) is 16.1 Å². The van der Waals surface area contributed by atoms with Crippen molar-refractivity contribution in [1.29, 1.82) is 0 Å². The fourth-order valence-corrected chi connectivity index (χ4v) is 4.36. The number of hydrogen-bond acceptors (Lipinski definition) is 5. The molecule has 1 saturated heterocycles. The molecular formula is C20H17FN2O4S. The average Bonchev–Trinajstić information content (AvgIpc) is 3.27. The first-order chi connectivity index (χ1) is 13.6. The highest BCUT2D eigenvalue weighted by molar-refractivity contribution is 7.21. The van der Waals surface area contributed by atoms with Gasteiger partial charge in [-0.2, -0.15) is 0 Å². The number of para-hydroxylation sites is 2. The second-order valence-corrected chi connectivity index (χ2v) is 7.25. The molecule has 1 fully saturated rings. The van der Waals surface area contributed by atoms with Crippen LogP contribution in [0.15, 0.2) is 42.5 Å². The highest BCUT2D eigenvalue weighted by Gasteiger charge is 2.27. The van der Waals surface area contributed by atoms with Crippen LogP contribution in [0.2, 0.25) is 0 Å². The molecule has 4 rings (SSSR count). The Balaban J connectivity index is 1.71.